The second-order valence-corrected chi connectivity index (χ2v) is 5.12. The summed E-state index contributed by atoms with van der Waals surface area (Å²) >= 11 is 1.21. The highest BCUT2D eigenvalue weighted by Crippen LogP contribution is 2.22. The molecule has 1 aromatic heterocycles. The molecule has 5 nitrogen and oxygen atoms in total. The van der Waals surface area contributed by atoms with Crippen molar-refractivity contribution in [3.63, 3.8) is 0 Å². The van der Waals surface area contributed by atoms with Crippen molar-refractivity contribution in [2.24, 2.45) is 10.2 Å². The van der Waals surface area contributed by atoms with E-state index < -0.39 is 5.97 Å². The maximum atomic E-state index is 10.5. The number of rotatable bonds is 3. The van der Waals surface area contributed by atoms with Crippen molar-refractivity contribution in [2.75, 3.05) is 5.75 Å². The number of benzene rings is 1. The van der Waals surface area contributed by atoms with Gasteiger partial charge in [0.15, 0.2) is 0 Å². The largest absolute Gasteiger partial charge is 0.481 e. The number of carbonyl (C=O) groups is 1. The van der Waals surface area contributed by atoms with Crippen LogP contribution >= 0.6 is 11.8 Å². The minimum Gasteiger partial charge on any atom is -0.481 e. The number of aliphatic carboxylic acids is 1. The molecule has 0 saturated heterocycles. The summed E-state index contributed by atoms with van der Waals surface area (Å²) in [4.78, 5) is 10.5. The summed E-state index contributed by atoms with van der Waals surface area (Å²) in [5, 5.41) is 18.5. The molecule has 1 aliphatic heterocycles. The summed E-state index contributed by atoms with van der Waals surface area (Å²) in [5.74, 6) is -0.830. The molecule has 0 aliphatic carbocycles. The summed E-state index contributed by atoms with van der Waals surface area (Å²) in [7, 11) is 0. The lowest BCUT2D eigenvalue weighted by Gasteiger charge is -2.00. The van der Waals surface area contributed by atoms with Gasteiger partial charge in [0.05, 0.1) is 17.7 Å². The third kappa shape index (κ3) is 2.53. The van der Waals surface area contributed by atoms with Crippen LogP contribution in [0.3, 0.4) is 0 Å². The Labute approximate surface area is 113 Å². The van der Waals surface area contributed by atoms with Crippen molar-refractivity contribution < 1.29 is 14.3 Å². The van der Waals surface area contributed by atoms with Gasteiger partial charge in [-0.2, -0.15) is 5.10 Å². The average molecular weight is 274 g/mol. The van der Waals surface area contributed by atoms with E-state index in [1.165, 1.54) is 11.8 Å². The number of nitrogens with zero attached hydrogens (tertiary/aromatic N) is 2. The zero-order chi connectivity index (χ0) is 13.2. The summed E-state index contributed by atoms with van der Waals surface area (Å²) in [6.45, 7) is 0. The quantitative estimate of drug-likeness (QED) is 0.933. The molecule has 0 spiro atoms. The van der Waals surface area contributed by atoms with Gasteiger partial charge < -0.3 is 9.52 Å². The fraction of sp³-hybridized carbons (Fsp3) is 0.154. The lowest BCUT2D eigenvalue weighted by molar-refractivity contribution is -0.133. The molecule has 0 saturated carbocycles. The molecule has 1 aliphatic rings. The van der Waals surface area contributed by atoms with Crippen molar-refractivity contribution in [1.29, 1.82) is 0 Å². The van der Waals surface area contributed by atoms with Gasteiger partial charge in [0.25, 0.3) is 0 Å². The minimum atomic E-state index is -0.846. The van der Waals surface area contributed by atoms with Gasteiger partial charge in [-0.05, 0) is 29.8 Å². The van der Waals surface area contributed by atoms with Crippen LogP contribution < -0.4 is 0 Å². The fourth-order valence-corrected chi connectivity index (χ4v) is 2.49. The fourth-order valence-electron chi connectivity index (χ4n) is 1.86. The molecule has 1 aromatic carbocycles. The van der Waals surface area contributed by atoms with E-state index in [1.807, 2.05) is 24.3 Å². The van der Waals surface area contributed by atoms with Crippen molar-refractivity contribution in [1.82, 2.24) is 0 Å². The van der Waals surface area contributed by atoms with E-state index in [4.69, 9.17) is 9.52 Å². The third-order valence-corrected chi connectivity index (χ3v) is 3.70. The first-order chi connectivity index (χ1) is 9.22. The van der Waals surface area contributed by atoms with Crippen LogP contribution in [0.4, 0.5) is 0 Å². The molecule has 2 aromatic rings. The number of furan rings is 1. The SMILES string of the molecule is O=C(O)CSC1=NN=C(c2ccc3occc3c2)C1. The smallest absolute Gasteiger partial charge is 0.313 e. The molecule has 0 radical (unpaired) electrons. The molecule has 0 bridgehead atoms. The molecule has 6 heteroatoms. The van der Waals surface area contributed by atoms with Gasteiger partial charge in [0.2, 0.25) is 0 Å². The van der Waals surface area contributed by atoms with E-state index in [9.17, 15) is 4.79 Å². The minimum absolute atomic E-state index is 0.0163. The van der Waals surface area contributed by atoms with E-state index in [-0.39, 0.29) is 5.75 Å². The van der Waals surface area contributed by atoms with E-state index in [0.717, 1.165) is 27.3 Å². The monoisotopic (exact) mass is 274 g/mol. The average Bonchev–Trinajstić information content (AvgIpc) is 3.04. The molecule has 3 rings (SSSR count). The lowest BCUT2D eigenvalue weighted by Crippen LogP contribution is -2.05. The molecule has 0 unspecified atom stereocenters. The highest BCUT2D eigenvalue weighted by atomic mass is 32.2. The van der Waals surface area contributed by atoms with Crippen LogP contribution in [0.2, 0.25) is 0 Å². The number of hydrogen-bond acceptors (Lipinski definition) is 5. The zero-order valence-electron chi connectivity index (χ0n) is 9.87. The summed E-state index contributed by atoms with van der Waals surface area (Å²) < 4.78 is 5.28. The summed E-state index contributed by atoms with van der Waals surface area (Å²) in [5.41, 5.74) is 2.68. The first kappa shape index (κ1) is 12.0. The maximum absolute atomic E-state index is 10.5. The van der Waals surface area contributed by atoms with E-state index >= 15 is 0 Å². The van der Waals surface area contributed by atoms with Crippen molar-refractivity contribution >= 4 is 39.5 Å². The van der Waals surface area contributed by atoms with E-state index in [1.54, 1.807) is 6.26 Å². The van der Waals surface area contributed by atoms with Crippen LogP contribution in [0.1, 0.15) is 12.0 Å². The Morgan fingerprint density at radius 2 is 2.26 bits per heavy atom. The Morgan fingerprint density at radius 3 is 3.11 bits per heavy atom. The topological polar surface area (TPSA) is 75.2 Å². The van der Waals surface area contributed by atoms with Gasteiger partial charge >= 0.3 is 5.97 Å². The predicted molar refractivity (Wildman–Crippen MR) is 74.9 cm³/mol. The highest BCUT2D eigenvalue weighted by Gasteiger charge is 2.16. The van der Waals surface area contributed by atoms with Crippen molar-refractivity contribution in [2.45, 2.75) is 6.42 Å². The highest BCUT2D eigenvalue weighted by molar-refractivity contribution is 8.14. The molecule has 0 atom stereocenters. The Bertz CT molecular complexity index is 703. The first-order valence-corrected chi connectivity index (χ1v) is 6.66. The Kier molecular flexibility index (Phi) is 3.08. The molecule has 96 valence electrons. The van der Waals surface area contributed by atoms with Crippen molar-refractivity contribution in [3.8, 4) is 0 Å². The molecule has 2 heterocycles. The number of fused-ring (bicyclic) bond motifs is 1. The standard InChI is InChI=1S/C13H10N2O3S/c16-13(17)7-19-12-6-10(14-15-12)8-1-2-11-9(5-8)3-4-18-11/h1-5H,6-7H2,(H,16,17). The molecular weight excluding hydrogens is 264 g/mol. The lowest BCUT2D eigenvalue weighted by atomic mass is 10.1. The van der Waals surface area contributed by atoms with E-state index in [2.05, 4.69) is 10.2 Å². The maximum Gasteiger partial charge on any atom is 0.313 e. The van der Waals surface area contributed by atoms with Crippen LogP contribution in [0.15, 0.2) is 45.1 Å². The van der Waals surface area contributed by atoms with Gasteiger partial charge in [-0.15, -0.1) is 5.10 Å². The summed E-state index contributed by atoms with van der Waals surface area (Å²) in [6.07, 6.45) is 2.23. The Morgan fingerprint density at radius 1 is 1.37 bits per heavy atom. The van der Waals surface area contributed by atoms with Crippen LogP contribution in [0, 0.1) is 0 Å². The van der Waals surface area contributed by atoms with Crippen molar-refractivity contribution in [3.05, 3.63) is 36.1 Å². The number of carboxylic acids is 1. The van der Waals surface area contributed by atoms with Crippen LogP contribution in [-0.4, -0.2) is 27.6 Å². The molecule has 1 N–H and O–H groups in total. The first-order valence-electron chi connectivity index (χ1n) is 5.68. The molecule has 0 amide bonds. The summed E-state index contributed by atoms with van der Waals surface area (Å²) in [6, 6.07) is 7.73. The van der Waals surface area contributed by atoms with Gasteiger partial charge in [-0.3, -0.25) is 4.79 Å². The van der Waals surface area contributed by atoms with Crippen LogP contribution in [0.5, 0.6) is 0 Å². The number of thioether (sulfide) groups is 1. The normalized spacial score (nSPS) is 14.5. The van der Waals surface area contributed by atoms with Gasteiger partial charge in [-0.1, -0.05) is 11.8 Å². The van der Waals surface area contributed by atoms with Crippen LogP contribution in [-0.2, 0) is 4.79 Å². The second kappa shape index (κ2) is 4.89. The molecular formula is C13H10N2O3S. The van der Waals surface area contributed by atoms with Gasteiger partial charge in [0.1, 0.15) is 10.6 Å². The number of hydrogen-bond donors (Lipinski definition) is 1. The van der Waals surface area contributed by atoms with Gasteiger partial charge in [0, 0.05) is 11.8 Å². The molecule has 19 heavy (non-hydrogen) atoms. The Balaban J connectivity index is 1.73. The van der Waals surface area contributed by atoms with Gasteiger partial charge in [-0.25, -0.2) is 0 Å². The Hall–Kier alpha value is -2.08. The third-order valence-electron chi connectivity index (χ3n) is 2.75. The van der Waals surface area contributed by atoms with E-state index in [0.29, 0.717) is 6.42 Å². The number of carboxylic acid groups (broad SMARTS) is 1. The van der Waals surface area contributed by atoms with Crippen LogP contribution in [0.25, 0.3) is 11.0 Å². The molecule has 0 fully saturated rings. The second-order valence-electron chi connectivity index (χ2n) is 4.07. The zero-order valence-corrected chi connectivity index (χ0v) is 10.7. The predicted octanol–water partition coefficient (Wildman–Crippen LogP) is 2.76.